The van der Waals surface area contributed by atoms with Gasteiger partial charge < -0.3 is 5.11 Å². The normalized spacial score (nSPS) is 12.6. The molecular formula is C9H4F4NO2-. The van der Waals surface area contributed by atoms with Gasteiger partial charge in [0.1, 0.15) is 5.82 Å². The van der Waals surface area contributed by atoms with Crippen molar-refractivity contribution in [2.45, 2.75) is 6.18 Å². The van der Waals surface area contributed by atoms with Crippen LogP contribution >= 0.6 is 0 Å². The van der Waals surface area contributed by atoms with E-state index in [9.17, 15) is 27.5 Å². The average molecular weight is 234 g/mol. The van der Waals surface area contributed by atoms with Crippen molar-refractivity contribution < 1.29 is 27.5 Å². The fourth-order valence-electron chi connectivity index (χ4n) is 0.813. The van der Waals surface area contributed by atoms with Crippen LogP contribution in [0.2, 0.25) is 0 Å². The monoisotopic (exact) mass is 234 g/mol. The molecular weight excluding hydrogens is 230 g/mol. The lowest BCUT2D eigenvalue weighted by molar-refractivity contribution is -0.214. The number of rotatable bonds is 1. The van der Waals surface area contributed by atoms with Gasteiger partial charge in [-0.3, -0.25) is 4.79 Å². The summed E-state index contributed by atoms with van der Waals surface area (Å²) in [6, 6.07) is 3.62. The third-order valence-corrected chi connectivity index (χ3v) is 1.54. The third-order valence-electron chi connectivity index (χ3n) is 1.54. The van der Waals surface area contributed by atoms with Gasteiger partial charge in [0.15, 0.2) is 0 Å². The molecule has 0 unspecified atom stereocenters. The Bertz CT molecular complexity index is 422. The van der Waals surface area contributed by atoms with Crippen molar-refractivity contribution in [3.05, 3.63) is 35.6 Å². The van der Waals surface area contributed by atoms with Crippen molar-refractivity contribution in [1.29, 1.82) is 0 Å². The smallest absolute Gasteiger partial charge is 0.473 e. The molecule has 1 rings (SSSR count). The molecule has 0 heterocycles. The van der Waals surface area contributed by atoms with E-state index < -0.39 is 23.8 Å². The maximum atomic E-state index is 12.4. The molecule has 0 fully saturated rings. The van der Waals surface area contributed by atoms with Crippen LogP contribution in [0.1, 0.15) is 5.56 Å². The molecule has 0 N–H and O–H groups in total. The van der Waals surface area contributed by atoms with Gasteiger partial charge in [-0.05, 0) is 23.6 Å². The Morgan fingerprint density at radius 1 is 1.19 bits per heavy atom. The second-order valence-electron chi connectivity index (χ2n) is 2.73. The standard InChI is InChI=1S/C9H5F4NO2/c10-6-3-1-5(2-4-6)7(15)14-8(16)9(11,12)13/h1-4H,(H,14,15,16)/p-1. The van der Waals surface area contributed by atoms with Crippen molar-refractivity contribution in [2.24, 2.45) is 4.99 Å². The predicted molar refractivity (Wildman–Crippen MR) is 44.0 cm³/mol. The van der Waals surface area contributed by atoms with Gasteiger partial charge in [-0.25, -0.2) is 9.38 Å². The number of hydrogen-bond donors (Lipinski definition) is 0. The number of aliphatic imine (C=N–C) groups is 1. The van der Waals surface area contributed by atoms with Gasteiger partial charge in [0.05, 0.1) is 0 Å². The van der Waals surface area contributed by atoms with E-state index in [0.717, 1.165) is 24.3 Å². The second-order valence-corrected chi connectivity index (χ2v) is 2.73. The zero-order chi connectivity index (χ0) is 12.3. The molecule has 16 heavy (non-hydrogen) atoms. The number of carbonyl (C=O) groups excluding carboxylic acids is 1. The van der Waals surface area contributed by atoms with Crippen LogP contribution in [0.25, 0.3) is 0 Å². The summed E-state index contributed by atoms with van der Waals surface area (Å²) in [7, 11) is 0. The van der Waals surface area contributed by atoms with E-state index in [1.165, 1.54) is 0 Å². The van der Waals surface area contributed by atoms with E-state index in [2.05, 4.69) is 4.99 Å². The lowest BCUT2D eigenvalue weighted by Gasteiger charge is -2.10. The Morgan fingerprint density at radius 2 is 1.69 bits per heavy atom. The summed E-state index contributed by atoms with van der Waals surface area (Å²) in [5.41, 5.74) is -0.293. The Morgan fingerprint density at radius 3 is 2.12 bits per heavy atom. The third kappa shape index (κ3) is 3.04. The molecule has 86 valence electrons. The molecule has 7 heteroatoms. The molecule has 0 atom stereocenters. The second kappa shape index (κ2) is 4.30. The van der Waals surface area contributed by atoms with Crippen LogP contribution in [-0.4, -0.2) is 18.0 Å². The number of nitrogens with zero attached hydrogens (tertiary/aromatic N) is 1. The number of amides is 1. The van der Waals surface area contributed by atoms with Crippen molar-refractivity contribution in [3.63, 3.8) is 0 Å². The Kier molecular flexibility index (Phi) is 3.26. The molecule has 0 aliphatic heterocycles. The predicted octanol–water partition coefficient (Wildman–Crippen LogP) is 1.02. The van der Waals surface area contributed by atoms with Crippen LogP contribution < -0.4 is 5.11 Å². The first kappa shape index (κ1) is 12.2. The van der Waals surface area contributed by atoms with Crippen molar-refractivity contribution >= 4 is 11.8 Å². The zero-order valence-corrected chi connectivity index (χ0v) is 7.58. The fraction of sp³-hybridized carbons (Fsp3) is 0.111. The van der Waals surface area contributed by atoms with Crippen molar-refractivity contribution in [1.82, 2.24) is 0 Å². The number of hydrogen-bond acceptors (Lipinski definition) is 2. The highest BCUT2D eigenvalue weighted by Crippen LogP contribution is 2.16. The highest BCUT2D eigenvalue weighted by molar-refractivity contribution is 6.00. The maximum absolute atomic E-state index is 12.4. The summed E-state index contributed by atoms with van der Waals surface area (Å²) < 4.78 is 47.6. The molecule has 1 aromatic carbocycles. The first-order valence-corrected chi connectivity index (χ1v) is 3.93. The summed E-state index contributed by atoms with van der Waals surface area (Å²) in [4.78, 5) is 12.7. The first-order valence-electron chi connectivity index (χ1n) is 3.93. The Balaban J connectivity index is 2.94. The highest BCUT2D eigenvalue weighted by atomic mass is 19.4. The SMILES string of the molecule is O=C(N=C([O-])c1ccc(F)cc1)C(F)(F)F. The number of halogens is 4. The molecule has 0 radical (unpaired) electrons. The largest absolute Gasteiger partial charge is 0.858 e. The molecule has 1 amide bonds. The van der Waals surface area contributed by atoms with Gasteiger partial charge in [-0.15, -0.1) is 0 Å². The van der Waals surface area contributed by atoms with Gasteiger partial charge in [-0.2, -0.15) is 13.2 Å². The van der Waals surface area contributed by atoms with Crippen molar-refractivity contribution in [3.8, 4) is 0 Å². The van der Waals surface area contributed by atoms with Crippen LogP contribution in [0.3, 0.4) is 0 Å². The van der Waals surface area contributed by atoms with E-state index in [4.69, 9.17) is 0 Å². The van der Waals surface area contributed by atoms with E-state index in [1.54, 1.807) is 0 Å². The molecule has 0 aromatic heterocycles. The van der Waals surface area contributed by atoms with Crippen molar-refractivity contribution in [2.75, 3.05) is 0 Å². The molecule has 0 aliphatic rings. The van der Waals surface area contributed by atoms with Gasteiger partial charge in [0, 0.05) is 0 Å². The van der Waals surface area contributed by atoms with Gasteiger partial charge in [-0.1, -0.05) is 12.1 Å². The highest BCUT2D eigenvalue weighted by Gasteiger charge is 2.38. The van der Waals surface area contributed by atoms with Gasteiger partial charge in [0.2, 0.25) is 0 Å². The molecule has 1 aromatic rings. The number of carbonyl (C=O) groups is 1. The minimum absolute atomic E-state index is 0.293. The first-order chi connectivity index (χ1) is 7.30. The number of benzene rings is 1. The molecule has 0 aliphatic carbocycles. The molecule has 0 saturated heterocycles. The average Bonchev–Trinajstić information content (AvgIpc) is 2.17. The molecule has 0 saturated carbocycles. The molecule has 0 bridgehead atoms. The van der Waals surface area contributed by atoms with E-state index >= 15 is 0 Å². The van der Waals surface area contributed by atoms with E-state index in [0.29, 0.717) is 0 Å². The summed E-state index contributed by atoms with van der Waals surface area (Å²) in [6.07, 6.45) is -5.18. The van der Waals surface area contributed by atoms with E-state index in [-0.39, 0.29) is 5.56 Å². The van der Waals surface area contributed by atoms with Crippen LogP contribution in [0.15, 0.2) is 29.3 Å². The zero-order valence-electron chi connectivity index (χ0n) is 7.58. The Labute approximate surface area is 87.0 Å². The Hall–Kier alpha value is -1.92. The fourth-order valence-corrected chi connectivity index (χ4v) is 0.813. The lowest BCUT2D eigenvalue weighted by Crippen LogP contribution is -2.27. The van der Waals surface area contributed by atoms with Crippen LogP contribution in [0.4, 0.5) is 17.6 Å². The minimum Gasteiger partial charge on any atom is -0.858 e. The molecule has 3 nitrogen and oxygen atoms in total. The summed E-state index contributed by atoms with van der Waals surface area (Å²) in [6.45, 7) is 0. The lowest BCUT2D eigenvalue weighted by atomic mass is 10.2. The summed E-state index contributed by atoms with van der Waals surface area (Å²) in [5.74, 6) is -4.50. The summed E-state index contributed by atoms with van der Waals surface area (Å²) >= 11 is 0. The maximum Gasteiger partial charge on any atom is 0.473 e. The van der Waals surface area contributed by atoms with E-state index in [1.807, 2.05) is 0 Å². The quantitative estimate of drug-likeness (QED) is 0.414. The van der Waals surface area contributed by atoms with Crippen LogP contribution in [-0.2, 0) is 4.79 Å². The topological polar surface area (TPSA) is 52.5 Å². The van der Waals surface area contributed by atoms with Crippen LogP contribution in [0, 0.1) is 5.82 Å². The minimum atomic E-state index is -5.18. The molecule has 0 spiro atoms. The number of alkyl halides is 3. The summed E-state index contributed by atoms with van der Waals surface area (Å²) in [5, 5.41) is 11.0. The van der Waals surface area contributed by atoms with Gasteiger partial charge >= 0.3 is 12.1 Å². The van der Waals surface area contributed by atoms with Crippen LogP contribution in [0.5, 0.6) is 0 Å². The van der Waals surface area contributed by atoms with Gasteiger partial charge in [0.25, 0.3) is 0 Å².